The molecule has 0 saturated heterocycles. The van der Waals surface area contributed by atoms with Gasteiger partial charge in [0.2, 0.25) is 0 Å². The molecule has 0 aliphatic carbocycles. The quantitative estimate of drug-likeness (QED) is 0.666. The van der Waals surface area contributed by atoms with Crippen LogP contribution in [0.5, 0.6) is 0 Å². The molecule has 74 valence electrons. The molecule has 2 aliphatic rings. The summed E-state index contributed by atoms with van der Waals surface area (Å²) in [5.74, 6) is -0.156. The number of carbonyl (C=O) groups is 1. The number of hydrogen-bond acceptors (Lipinski definition) is 4. The maximum atomic E-state index is 11.1. The number of amidine groups is 1. The number of nitrogens with zero attached hydrogens (tertiary/aromatic N) is 3. The molecule has 1 N–H and O–H groups in total. The Kier molecular flexibility index (Phi) is 1.87. The van der Waals surface area contributed by atoms with Gasteiger partial charge in [0, 0.05) is 12.6 Å². The minimum absolute atomic E-state index is 0.0391. The van der Waals surface area contributed by atoms with E-state index in [-0.39, 0.29) is 11.7 Å². The predicted molar refractivity (Wildman–Crippen MR) is 52.1 cm³/mol. The van der Waals surface area contributed by atoms with Crippen LogP contribution >= 0.6 is 0 Å². The highest BCUT2D eigenvalue weighted by Gasteiger charge is 2.36. The maximum absolute atomic E-state index is 11.1. The number of aliphatic hydroxyl groups excluding tert-OH is 1. The minimum atomic E-state index is -0.419. The normalized spacial score (nSPS) is 25.6. The van der Waals surface area contributed by atoms with E-state index in [4.69, 9.17) is 0 Å². The molecule has 0 aromatic rings. The second-order valence-corrected chi connectivity index (χ2v) is 3.27. The third-order valence-corrected chi connectivity index (χ3v) is 2.31. The van der Waals surface area contributed by atoms with Crippen LogP contribution < -0.4 is 0 Å². The van der Waals surface area contributed by atoms with Crippen molar-refractivity contribution in [3.8, 4) is 0 Å². The predicted octanol–water partition coefficient (Wildman–Crippen LogP) is 0.695. The summed E-state index contributed by atoms with van der Waals surface area (Å²) in [6.45, 7) is 4.38. The molecule has 1 atom stereocenters. The van der Waals surface area contributed by atoms with Gasteiger partial charge in [0.1, 0.15) is 17.5 Å². The highest BCUT2D eigenvalue weighted by molar-refractivity contribution is 6.17. The van der Waals surface area contributed by atoms with Crippen molar-refractivity contribution in [3.63, 3.8) is 0 Å². The third kappa shape index (κ3) is 1.13. The monoisotopic (exact) mass is 193 g/mol. The number of aliphatic hydroxyl groups is 1. The van der Waals surface area contributed by atoms with Crippen LogP contribution in [0.25, 0.3) is 0 Å². The Morgan fingerprint density at radius 1 is 1.64 bits per heavy atom. The summed E-state index contributed by atoms with van der Waals surface area (Å²) < 4.78 is 0. The van der Waals surface area contributed by atoms with Crippen LogP contribution in [0.4, 0.5) is 0 Å². The Bertz CT molecular complexity index is 382. The standard InChI is InChI=1S/C9H11N3O2/c1-3-12-9-8(5(2)11-12)6(13)4-7(14)10-9/h4,8,13H,3H2,1-2H3. The molecule has 5 heteroatoms. The van der Waals surface area contributed by atoms with E-state index in [0.717, 1.165) is 11.8 Å². The molecule has 14 heavy (non-hydrogen) atoms. The maximum Gasteiger partial charge on any atom is 0.274 e. The summed E-state index contributed by atoms with van der Waals surface area (Å²) >= 11 is 0. The van der Waals surface area contributed by atoms with Crippen LogP contribution in [0, 0.1) is 5.92 Å². The molecule has 0 saturated carbocycles. The zero-order valence-electron chi connectivity index (χ0n) is 8.06. The molecule has 0 aromatic carbocycles. The molecule has 0 spiro atoms. The number of aliphatic imine (C=N–C) groups is 1. The van der Waals surface area contributed by atoms with Gasteiger partial charge in [-0.15, -0.1) is 0 Å². The smallest absolute Gasteiger partial charge is 0.274 e. The van der Waals surface area contributed by atoms with Crippen LogP contribution in [-0.4, -0.2) is 34.1 Å². The number of dihydropyridines is 1. The van der Waals surface area contributed by atoms with E-state index in [9.17, 15) is 9.90 Å². The topological polar surface area (TPSA) is 65.3 Å². The van der Waals surface area contributed by atoms with E-state index >= 15 is 0 Å². The Labute approximate surface area is 81.4 Å². The van der Waals surface area contributed by atoms with Gasteiger partial charge in [-0.05, 0) is 13.8 Å². The lowest BCUT2D eigenvalue weighted by molar-refractivity contribution is -0.113. The number of hydrogen-bond donors (Lipinski definition) is 1. The van der Waals surface area contributed by atoms with Gasteiger partial charge in [0.05, 0.1) is 5.71 Å². The van der Waals surface area contributed by atoms with Crippen LogP contribution in [0.2, 0.25) is 0 Å². The summed E-state index contributed by atoms with van der Waals surface area (Å²) in [4.78, 5) is 14.9. The first kappa shape index (κ1) is 8.93. The fraction of sp³-hybridized carbons (Fsp3) is 0.444. The van der Waals surface area contributed by atoms with Gasteiger partial charge < -0.3 is 5.11 Å². The van der Waals surface area contributed by atoms with Gasteiger partial charge in [-0.25, -0.2) is 0 Å². The Morgan fingerprint density at radius 2 is 2.36 bits per heavy atom. The summed E-state index contributed by atoms with van der Waals surface area (Å²) in [7, 11) is 0. The first-order chi connectivity index (χ1) is 6.63. The van der Waals surface area contributed by atoms with Crippen LogP contribution in [-0.2, 0) is 4.79 Å². The summed E-state index contributed by atoms with van der Waals surface area (Å²) in [5, 5.41) is 15.4. The number of fused-ring (bicyclic) bond motifs is 1. The lowest BCUT2D eigenvalue weighted by atomic mass is 9.99. The van der Waals surface area contributed by atoms with Crippen molar-refractivity contribution in [1.29, 1.82) is 0 Å². The molecule has 2 heterocycles. The molecule has 1 unspecified atom stereocenters. The number of amides is 1. The van der Waals surface area contributed by atoms with Crippen molar-refractivity contribution < 1.29 is 9.90 Å². The molecule has 0 aromatic heterocycles. The Morgan fingerprint density at radius 3 is 3.00 bits per heavy atom. The van der Waals surface area contributed by atoms with E-state index in [2.05, 4.69) is 10.1 Å². The molecule has 0 radical (unpaired) electrons. The number of hydrazone groups is 1. The zero-order chi connectivity index (χ0) is 10.3. The largest absolute Gasteiger partial charge is 0.511 e. The first-order valence-electron chi connectivity index (χ1n) is 4.49. The van der Waals surface area contributed by atoms with Crippen LogP contribution in [0.1, 0.15) is 13.8 Å². The van der Waals surface area contributed by atoms with E-state index < -0.39 is 5.91 Å². The van der Waals surface area contributed by atoms with Crippen molar-refractivity contribution in [2.45, 2.75) is 13.8 Å². The average Bonchev–Trinajstić information content (AvgIpc) is 2.42. The van der Waals surface area contributed by atoms with Gasteiger partial charge in [-0.1, -0.05) is 0 Å². The summed E-state index contributed by atoms with van der Waals surface area (Å²) in [6, 6.07) is 0. The molecular formula is C9H11N3O2. The fourth-order valence-electron chi connectivity index (χ4n) is 1.69. The summed E-state index contributed by atoms with van der Waals surface area (Å²) in [5.41, 5.74) is 0.770. The lowest BCUT2D eigenvalue weighted by Crippen LogP contribution is -2.32. The van der Waals surface area contributed by atoms with Gasteiger partial charge >= 0.3 is 0 Å². The molecule has 5 nitrogen and oxygen atoms in total. The lowest BCUT2D eigenvalue weighted by Gasteiger charge is -2.18. The van der Waals surface area contributed by atoms with Gasteiger partial charge in [0.15, 0.2) is 0 Å². The van der Waals surface area contributed by atoms with Gasteiger partial charge in [-0.2, -0.15) is 10.1 Å². The molecule has 1 amide bonds. The SMILES string of the molecule is CCN1N=C(C)C2C(O)=CC(=O)N=C21. The van der Waals surface area contributed by atoms with Crippen molar-refractivity contribution in [1.82, 2.24) is 5.01 Å². The third-order valence-electron chi connectivity index (χ3n) is 2.31. The summed E-state index contributed by atoms with van der Waals surface area (Å²) in [6.07, 6.45) is 1.15. The number of rotatable bonds is 1. The highest BCUT2D eigenvalue weighted by atomic mass is 16.3. The fourth-order valence-corrected chi connectivity index (χ4v) is 1.69. The minimum Gasteiger partial charge on any atom is -0.511 e. The second-order valence-electron chi connectivity index (χ2n) is 3.27. The van der Waals surface area contributed by atoms with E-state index in [1.54, 1.807) is 5.01 Å². The van der Waals surface area contributed by atoms with E-state index in [1.165, 1.54) is 0 Å². The highest BCUT2D eigenvalue weighted by Crippen LogP contribution is 2.25. The van der Waals surface area contributed by atoms with Gasteiger partial charge in [0.25, 0.3) is 5.91 Å². The second kappa shape index (κ2) is 2.94. The molecule has 2 rings (SSSR count). The van der Waals surface area contributed by atoms with Crippen molar-refractivity contribution in [3.05, 3.63) is 11.8 Å². The molecule has 0 bridgehead atoms. The first-order valence-corrected chi connectivity index (χ1v) is 4.49. The molecule has 2 aliphatic heterocycles. The Balaban J connectivity index is 2.43. The Hall–Kier alpha value is -1.65. The van der Waals surface area contributed by atoms with Crippen LogP contribution in [0.3, 0.4) is 0 Å². The van der Waals surface area contributed by atoms with Crippen molar-refractivity contribution in [2.24, 2.45) is 16.0 Å². The average molecular weight is 193 g/mol. The molecule has 0 fully saturated rings. The van der Waals surface area contributed by atoms with E-state index in [1.807, 2.05) is 13.8 Å². The molecular weight excluding hydrogens is 182 g/mol. The van der Waals surface area contributed by atoms with Gasteiger partial charge in [-0.3, -0.25) is 9.80 Å². The van der Waals surface area contributed by atoms with Crippen molar-refractivity contribution >= 4 is 17.5 Å². The van der Waals surface area contributed by atoms with Crippen molar-refractivity contribution in [2.75, 3.05) is 6.54 Å². The van der Waals surface area contributed by atoms with Crippen LogP contribution in [0.15, 0.2) is 21.9 Å². The van der Waals surface area contributed by atoms with E-state index in [0.29, 0.717) is 12.4 Å². The number of carbonyl (C=O) groups excluding carboxylic acids is 1. The zero-order valence-corrected chi connectivity index (χ0v) is 8.06.